The number of rotatable bonds is 10. The number of carbonyl (C=O) groups excluding carboxylic acids is 1. The maximum Gasteiger partial charge on any atom is 0.422 e. The van der Waals surface area contributed by atoms with Gasteiger partial charge >= 0.3 is 6.18 Å². The standard InChI is InChI=1S/C28H28F4N2O6/c1-26(33)15-40-25-21(26)14-23(34-24(25)16-3-5-18(29)6-4-16)27(37,28(30,31)32)8-7-22(36)17-11-19(38-2)13-20(12-17)39-10-9-35/h3-6,11-14,35,37H,7-10,15,33H2,1-2H3/t26-,27-/m1/s1. The van der Waals surface area contributed by atoms with Gasteiger partial charge in [0.05, 0.1) is 24.9 Å². The van der Waals surface area contributed by atoms with Gasteiger partial charge in [-0.25, -0.2) is 9.37 Å². The Morgan fingerprint density at radius 2 is 1.82 bits per heavy atom. The SMILES string of the molecule is COc1cc(OCCO)cc(C(=O)CC[C@@](O)(c2cc3c(c(-c4ccc(F)cc4)n2)OC[C@@]3(C)N)C(F)(F)F)c1. The number of benzene rings is 2. The van der Waals surface area contributed by atoms with Crippen molar-refractivity contribution < 1.29 is 46.8 Å². The van der Waals surface area contributed by atoms with Gasteiger partial charge in [0.1, 0.15) is 36.2 Å². The van der Waals surface area contributed by atoms with Gasteiger partial charge in [-0.15, -0.1) is 0 Å². The minimum atomic E-state index is -5.23. The van der Waals surface area contributed by atoms with E-state index in [1.54, 1.807) is 6.92 Å². The molecule has 0 bridgehead atoms. The molecule has 1 aromatic heterocycles. The average molecular weight is 565 g/mol. The van der Waals surface area contributed by atoms with Crippen LogP contribution in [0.1, 0.15) is 41.4 Å². The monoisotopic (exact) mass is 564 g/mol. The maximum atomic E-state index is 14.5. The molecule has 1 aliphatic heterocycles. The number of halogens is 4. The minimum Gasteiger partial charge on any atom is -0.497 e. The Hall–Kier alpha value is -3.74. The number of aliphatic hydroxyl groups excluding tert-OH is 1. The van der Waals surface area contributed by atoms with Crippen molar-refractivity contribution in [2.45, 2.75) is 37.1 Å². The second-order valence-corrected chi connectivity index (χ2v) is 9.70. The molecule has 8 nitrogen and oxygen atoms in total. The summed E-state index contributed by atoms with van der Waals surface area (Å²) in [5.74, 6) is -0.755. The lowest BCUT2D eigenvalue weighted by Crippen LogP contribution is -2.44. The van der Waals surface area contributed by atoms with E-state index >= 15 is 0 Å². The van der Waals surface area contributed by atoms with Crippen molar-refractivity contribution in [2.24, 2.45) is 5.73 Å². The summed E-state index contributed by atoms with van der Waals surface area (Å²) in [4.78, 5) is 17.1. The molecule has 3 aromatic rings. The number of nitrogens with zero attached hydrogens (tertiary/aromatic N) is 1. The molecule has 214 valence electrons. The third kappa shape index (κ3) is 5.74. The van der Waals surface area contributed by atoms with Crippen LogP contribution in [0.15, 0.2) is 48.5 Å². The van der Waals surface area contributed by atoms with Crippen LogP contribution in [0.5, 0.6) is 17.2 Å². The molecule has 0 saturated heterocycles. The molecular formula is C28H28F4N2O6. The molecule has 2 heterocycles. The highest BCUT2D eigenvalue weighted by Crippen LogP contribution is 2.48. The number of alkyl halides is 3. The van der Waals surface area contributed by atoms with E-state index in [0.717, 1.165) is 18.2 Å². The van der Waals surface area contributed by atoms with Gasteiger partial charge in [-0.3, -0.25) is 4.79 Å². The van der Waals surface area contributed by atoms with Crippen LogP contribution < -0.4 is 19.9 Å². The lowest BCUT2D eigenvalue weighted by atomic mass is 9.86. The molecule has 12 heteroatoms. The zero-order valence-corrected chi connectivity index (χ0v) is 21.7. The summed E-state index contributed by atoms with van der Waals surface area (Å²) in [6, 6.07) is 10.0. The van der Waals surface area contributed by atoms with E-state index in [1.165, 1.54) is 37.4 Å². The van der Waals surface area contributed by atoms with Crippen molar-refractivity contribution in [1.29, 1.82) is 0 Å². The van der Waals surface area contributed by atoms with Crippen molar-refractivity contribution >= 4 is 5.78 Å². The molecule has 40 heavy (non-hydrogen) atoms. The first-order chi connectivity index (χ1) is 18.8. The van der Waals surface area contributed by atoms with Crippen molar-refractivity contribution in [3.8, 4) is 28.5 Å². The molecule has 0 aliphatic carbocycles. The highest BCUT2D eigenvalue weighted by molar-refractivity contribution is 5.97. The first-order valence-electron chi connectivity index (χ1n) is 12.3. The predicted octanol–water partition coefficient (Wildman–Crippen LogP) is 4.25. The second-order valence-electron chi connectivity index (χ2n) is 9.70. The maximum absolute atomic E-state index is 14.5. The fourth-order valence-corrected chi connectivity index (χ4v) is 4.37. The number of methoxy groups -OCH3 is 1. The summed E-state index contributed by atoms with van der Waals surface area (Å²) in [6.45, 7) is 1.14. The van der Waals surface area contributed by atoms with E-state index < -0.39 is 47.5 Å². The third-order valence-corrected chi connectivity index (χ3v) is 6.63. The topological polar surface area (TPSA) is 124 Å². The highest BCUT2D eigenvalue weighted by atomic mass is 19.4. The summed E-state index contributed by atoms with van der Waals surface area (Å²) >= 11 is 0. The number of pyridine rings is 1. The van der Waals surface area contributed by atoms with Gasteiger partial charge in [0, 0.05) is 29.2 Å². The second kappa shape index (κ2) is 11.0. The minimum absolute atomic E-state index is 0.00587. The average Bonchev–Trinajstić information content (AvgIpc) is 3.23. The molecule has 0 unspecified atom stereocenters. The lowest BCUT2D eigenvalue weighted by molar-refractivity contribution is -0.270. The fourth-order valence-electron chi connectivity index (χ4n) is 4.37. The predicted molar refractivity (Wildman–Crippen MR) is 136 cm³/mol. The molecular weight excluding hydrogens is 536 g/mol. The highest BCUT2D eigenvalue weighted by Gasteiger charge is 2.56. The molecule has 0 fully saturated rings. The number of aromatic nitrogens is 1. The van der Waals surface area contributed by atoms with E-state index in [4.69, 9.17) is 25.1 Å². The van der Waals surface area contributed by atoms with Crippen LogP contribution in [0.2, 0.25) is 0 Å². The van der Waals surface area contributed by atoms with Gasteiger partial charge in [-0.1, -0.05) is 0 Å². The number of aliphatic hydroxyl groups is 2. The smallest absolute Gasteiger partial charge is 0.422 e. The molecule has 0 radical (unpaired) electrons. The Morgan fingerprint density at radius 1 is 1.15 bits per heavy atom. The van der Waals surface area contributed by atoms with E-state index in [1.807, 2.05) is 0 Å². The molecule has 1 aliphatic rings. The third-order valence-electron chi connectivity index (χ3n) is 6.63. The zero-order valence-electron chi connectivity index (χ0n) is 21.7. The van der Waals surface area contributed by atoms with Crippen LogP contribution in [-0.2, 0) is 11.1 Å². The summed E-state index contributed by atoms with van der Waals surface area (Å²) in [5.41, 5.74) is 1.16. The molecule has 2 aromatic carbocycles. The Morgan fingerprint density at radius 3 is 2.45 bits per heavy atom. The van der Waals surface area contributed by atoms with Crippen LogP contribution in [0.4, 0.5) is 17.6 Å². The van der Waals surface area contributed by atoms with Crippen LogP contribution in [0.25, 0.3) is 11.3 Å². The van der Waals surface area contributed by atoms with Crippen molar-refractivity contribution in [3.63, 3.8) is 0 Å². The largest absolute Gasteiger partial charge is 0.497 e. The van der Waals surface area contributed by atoms with Gasteiger partial charge < -0.3 is 30.2 Å². The van der Waals surface area contributed by atoms with Crippen molar-refractivity contribution in [3.05, 3.63) is 71.2 Å². The number of hydrogen-bond donors (Lipinski definition) is 3. The molecule has 0 amide bonds. The van der Waals surface area contributed by atoms with E-state index in [2.05, 4.69) is 4.98 Å². The lowest BCUT2D eigenvalue weighted by Gasteiger charge is -2.31. The Kier molecular flexibility index (Phi) is 8.06. The van der Waals surface area contributed by atoms with Gasteiger partial charge in [0.2, 0.25) is 5.60 Å². The number of carbonyl (C=O) groups is 1. The Labute approximate surface area is 227 Å². The summed E-state index contributed by atoms with van der Waals surface area (Å²) in [5, 5.41) is 20.1. The van der Waals surface area contributed by atoms with Gasteiger partial charge in [0.25, 0.3) is 0 Å². The molecule has 4 rings (SSSR count). The van der Waals surface area contributed by atoms with Crippen LogP contribution in [0, 0.1) is 5.82 Å². The first kappa shape index (κ1) is 29.2. The van der Waals surface area contributed by atoms with Crippen molar-refractivity contribution in [2.75, 3.05) is 26.9 Å². The Bertz CT molecular complexity index is 1390. The number of nitrogens with two attached hydrogens (primary N) is 1. The van der Waals surface area contributed by atoms with Crippen LogP contribution >= 0.6 is 0 Å². The van der Waals surface area contributed by atoms with Crippen molar-refractivity contribution in [1.82, 2.24) is 4.98 Å². The van der Waals surface area contributed by atoms with Gasteiger partial charge in [0.15, 0.2) is 11.5 Å². The van der Waals surface area contributed by atoms with Gasteiger partial charge in [-0.2, -0.15) is 13.2 Å². The fraction of sp³-hybridized carbons (Fsp3) is 0.357. The number of ketones is 1. The van der Waals surface area contributed by atoms with E-state index in [-0.39, 0.29) is 59.5 Å². The van der Waals surface area contributed by atoms with Crippen LogP contribution in [0.3, 0.4) is 0 Å². The summed E-state index contributed by atoms with van der Waals surface area (Å²) in [6.07, 6.45) is -7.01. The quantitative estimate of drug-likeness (QED) is 0.247. The molecule has 0 saturated carbocycles. The first-order valence-corrected chi connectivity index (χ1v) is 12.3. The summed E-state index contributed by atoms with van der Waals surface area (Å²) in [7, 11) is 1.34. The molecule has 0 spiro atoms. The van der Waals surface area contributed by atoms with Crippen LogP contribution in [-0.4, -0.2) is 54.1 Å². The summed E-state index contributed by atoms with van der Waals surface area (Å²) < 4.78 is 73.2. The number of ether oxygens (including phenoxy) is 3. The molecule has 4 N–H and O–H groups in total. The number of Topliss-reactive ketones (excluding diaryl/α,β-unsaturated/α-hetero) is 1. The van der Waals surface area contributed by atoms with Gasteiger partial charge in [-0.05, 0) is 55.8 Å². The van der Waals surface area contributed by atoms with E-state index in [9.17, 15) is 27.5 Å². The van der Waals surface area contributed by atoms with E-state index in [0.29, 0.717) is 0 Å². The number of hydrogen-bond acceptors (Lipinski definition) is 8. The number of fused-ring (bicyclic) bond motifs is 1. The normalized spacial score (nSPS) is 18.0. The Balaban J connectivity index is 1.74. The zero-order chi connectivity index (χ0) is 29.3. The molecule has 2 atom stereocenters.